The molecule has 0 radical (unpaired) electrons. The van der Waals surface area contributed by atoms with Gasteiger partial charge in [-0.3, -0.25) is 9.59 Å². The predicted molar refractivity (Wildman–Crippen MR) is 88.0 cm³/mol. The molecule has 1 aromatic rings. The highest BCUT2D eigenvalue weighted by Crippen LogP contribution is 2.27. The monoisotopic (exact) mass is 406 g/mol. The molecule has 1 heterocycles. The van der Waals surface area contributed by atoms with E-state index in [9.17, 15) is 9.59 Å². The number of amides is 2. The topological polar surface area (TPSA) is 49.4 Å². The molecule has 1 unspecified atom stereocenters. The molecule has 2 amide bonds. The Morgan fingerprint density at radius 2 is 2.20 bits per heavy atom. The van der Waals surface area contributed by atoms with E-state index in [-0.39, 0.29) is 11.8 Å². The van der Waals surface area contributed by atoms with Gasteiger partial charge in [0.2, 0.25) is 11.8 Å². The second-order valence-electron chi connectivity index (χ2n) is 4.74. The van der Waals surface area contributed by atoms with Crippen molar-refractivity contribution in [3.63, 3.8) is 0 Å². The van der Waals surface area contributed by atoms with Gasteiger partial charge in [-0.2, -0.15) is 0 Å². The van der Waals surface area contributed by atoms with Gasteiger partial charge in [0.1, 0.15) is 6.04 Å². The van der Waals surface area contributed by atoms with Crippen LogP contribution in [-0.4, -0.2) is 24.4 Å². The Morgan fingerprint density at radius 1 is 1.45 bits per heavy atom. The van der Waals surface area contributed by atoms with Gasteiger partial charge in [-0.1, -0.05) is 24.9 Å². The zero-order valence-corrected chi connectivity index (χ0v) is 14.1. The van der Waals surface area contributed by atoms with Crippen LogP contribution in [0, 0.1) is 3.57 Å². The van der Waals surface area contributed by atoms with Gasteiger partial charge in [0, 0.05) is 21.6 Å². The highest BCUT2D eigenvalue weighted by molar-refractivity contribution is 14.1. The molecule has 1 N–H and O–H groups in total. The molecule has 4 nitrogen and oxygen atoms in total. The van der Waals surface area contributed by atoms with Crippen LogP contribution in [0.1, 0.15) is 26.2 Å². The molecule has 1 aromatic carbocycles. The normalized spacial score (nSPS) is 19.8. The van der Waals surface area contributed by atoms with E-state index in [0.717, 1.165) is 15.7 Å². The zero-order valence-electron chi connectivity index (χ0n) is 11.2. The van der Waals surface area contributed by atoms with Crippen LogP contribution in [0.3, 0.4) is 0 Å². The van der Waals surface area contributed by atoms with Crippen molar-refractivity contribution in [3.05, 3.63) is 26.8 Å². The Bertz CT molecular complexity index is 536. The van der Waals surface area contributed by atoms with E-state index in [0.29, 0.717) is 24.4 Å². The van der Waals surface area contributed by atoms with Crippen LogP contribution in [0.2, 0.25) is 5.02 Å². The molecule has 1 aliphatic heterocycles. The van der Waals surface area contributed by atoms with E-state index in [2.05, 4.69) is 27.9 Å². The van der Waals surface area contributed by atoms with Crippen molar-refractivity contribution in [1.29, 1.82) is 0 Å². The molecule has 2 rings (SSSR count). The summed E-state index contributed by atoms with van der Waals surface area (Å²) in [6.45, 7) is 2.41. The van der Waals surface area contributed by atoms with Gasteiger partial charge >= 0.3 is 0 Å². The van der Waals surface area contributed by atoms with Gasteiger partial charge in [0.15, 0.2) is 0 Å². The van der Waals surface area contributed by atoms with E-state index >= 15 is 0 Å². The van der Waals surface area contributed by atoms with E-state index in [1.807, 2.05) is 19.1 Å². The summed E-state index contributed by atoms with van der Waals surface area (Å²) >= 11 is 8.11. The Hall–Kier alpha value is -0.820. The van der Waals surface area contributed by atoms with Gasteiger partial charge < -0.3 is 10.2 Å². The predicted octanol–water partition coefficient (Wildman–Crippen LogP) is 2.97. The van der Waals surface area contributed by atoms with Crippen LogP contribution >= 0.6 is 34.2 Å². The molecule has 1 aliphatic rings. The molecule has 0 saturated carbocycles. The summed E-state index contributed by atoms with van der Waals surface area (Å²) < 4.78 is 0.910. The minimum atomic E-state index is -0.429. The van der Waals surface area contributed by atoms with Gasteiger partial charge in [0.25, 0.3) is 0 Å². The second-order valence-corrected chi connectivity index (χ2v) is 6.34. The minimum Gasteiger partial charge on any atom is -0.344 e. The third kappa shape index (κ3) is 3.44. The number of carbonyl (C=O) groups excluding carboxylic acids is 2. The van der Waals surface area contributed by atoms with E-state index in [1.54, 1.807) is 11.0 Å². The molecular weight excluding hydrogens is 391 g/mol. The van der Waals surface area contributed by atoms with Crippen molar-refractivity contribution in [2.24, 2.45) is 0 Å². The molecule has 108 valence electrons. The Kier molecular flexibility index (Phi) is 5.26. The van der Waals surface area contributed by atoms with Crippen molar-refractivity contribution >= 4 is 51.7 Å². The second kappa shape index (κ2) is 6.76. The Balaban J connectivity index is 2.33. The van der Waals surface area contributed by atoms with Crippen molar-refractivity contribution in [1.82, 2.24) is 5.32 Å². The maximum absolute atomic E-state index is 12.6. The van der Waals surface area contributed by atoms with Crippen molar-refractivity contribution in [3.8, 4) is 0 Å². The maximum Gasteiger partial charge on any atom is 0.249 e. The lowest BCUT2D eigenvalue weighted by atomic mass is 10.1. The van der Waals surface area contributed by atoms with Crippen LogP contribution in [0.4, 0.5) is 5.69 Å². The maximum atomic E-state index is 12.6. The van der Waals surface area contributed by atoms with Crippen LogP contribution in [0.15, 0.2) is 18.2 Å². The van der Waals surface area contributed by atoms with E-state index in [1.165, 1.54) is 0 Å². The lowest BCUT2D eigenvalue weighted by molar-refractivity contribution is -0.125. The molecule has 0 aromatic heterocycles. The highest BCUT2D eigenvalue weighted by Gasteiger charge is 2.30. The number of nitrogens with one attached hydrogen (secondary N) is 1. The summed E-state index contributed by atoms with van der Waals surface area (Å²) in [6.07, 6.45) is 1.83. The lowest BCUT2D eigenvalue weighted by Crippen LogP contribution is -2.44. The first kappa shape index (κ1) is 15.6. The van der Waals surface area contributed by atoms with Crippen LogP contribution < -0.4 is 10.2 Å². The van der Waals surface area contributed by atoms with E-state index in [4.69, 9.17) is 11.6 Å². The Morgan fingerprint density at radius 3 is 2.85 bits per heavy atom. The first-order valence-electron chi connectivity index (χ1n) is 6.58. The quantitative estimate of drug-likeness (QED) is 0.785. The van der Waals surface area contributed by atoms with Crippen molar-refractivity contribution in [2.45, 2.75) is 32.2 Å². The number of nitrogens with zero attached hydrogens (tertiary/aromatic N) is 1. The van der Waals surface area contributed by atoms with Gasteiger partial charge in [-0.15, -0.1) is 0 Å². The van der Waals surface area contributed by atoms with Crippen molar-refractivity contribution in [2.75, 3.05) is 11.4 Å². The van der Waals surface area contributed by atoms with Gasteiger partial charge in [0.05, 0.1) is 5.69 Å². The van der Waals surface area contributed by atoms with Gasteiger partial charge in [-0.25, -0.2) is 0 Å². The molecule has 1 fully saturated rings. The summed E-state index contributed by atoms with van der Waals surface area (Å²) in [4.78, 5) is 26.0. The first-order chi connectivity index (χ1) is 9.52. The third-order valence-corrected chi connectivity index (χ3v) is 4.34. The SMILES string of the molecule is CCCC1NC(=O)CCN(c2ccc(Cl)cc2I)C1=O. The summed E-state index contributed by atoms with van der Waals surface area (Å²) in [6, 6.07) is 4.99. The molecule has 20 heavy (non-hydrogen) atoms. The molecule has 1 atom stereocenters. The summed E-state index contributed by atoms with van der Waals surface area (Å²) in [7, 11) is 0. The standard InChI is InChI=1S/C14H16ClIN2O2/c1-2-3-11-14(20)18(7-6-13(19)17-11)12-5-4-9(15)8-10(12)16/h4-5,8,11H,2-3,6-7H2,1H3,(H,17,19). The third-order valence-electron chi connectivity index (χ3n) is 3.24. The number of halogens is 2. The fourth-order valence-corrected chi connectivity index (χ4v) is 3.43. The zero-order chi connectivity index (χ0) is 14.7. The summed E-state index contributed by atoms with van der Waals surface area (Å²) in [5, 5.41) is 3.44. The highest BCUT2D eigenvalue weighted by atomic mass is 127. The van der Waals surface area contributed by atoms with E-state index < -0.39 is 6.04 Å². The average molecular weight is 407 g/mol. The van der Waals surface area contributed by atoms with Crippen LogP contribution in [0.25, 0.3) is 0 Å². The smallest absolute Gasteiger partial charge is 0.249 e. The van der Waals surface area contributed by atoms with Crippen LogP contribution in [-0.2, 0) is 9.59 Å². The molecular formula is C14H16ClIN2O2. The number of hydrogen-bond acceptors (Lipinski definition) is 2. The lowest BCUT2D eigenvalue weighted by Gasteiger charge is -2.25. The summed E-state index contributed by atoms with van der Waals surface area (Å²) in [5.41, 5.74) is 0.817. The van der Waals surface area contributed by atoms with Gasteiger partial charge in [-0.05, 0) is 47.2 Å². The number of hydrogen-bond donors (Lipinski definition) is 1. The number of anilines is 1. The fourth-order valence-electron chi connectivity index (χ4n) is 2.26. The molecule has 6 heteroatoms. The molecule has 1 saturated heterocycles. The number of carbonyl (C=O) groups is 2. The molecule has 0 spiro atoms. The average Bonchev–Trinajstić information content (AvgIpc) is 2.52. The summed E-state index contributed by atoms with van der Waals surface area (Å²) in [5.74, 6) is -0.110. The first-order valence-corrected chi connectivity index (χ1v) is 8.04. The van der Waals surface area contributed by atoms with Crippen LogP contribution in [0.5, 0.6) is 0 Å². The largest absolute Gasteiger partial charge is 0.344 e. The molecule has 0 bridgehead atoms. The Labute approximate surface area is 137 Å². The fraction of sp³-hybridized carbons (Fsp3) is 0.429. The van der Waals surface area contributed by atoms with Crippen molar-refractivity contribution < 1.29 is 9.59 Å². The minimum absolute atomic E-state index is 0.0436. The number of benzene rings is 1. The molecule has 0 aliphatic carbocycles. The number of rotatable bonds is 3.